The standard InChI is InChI=1S/C15H13BrF2O2/c1-8-4-3-5-10(14(8)16)15(19)13-11(17)6-9(20-2)7-12(13)18/h3-7,15,19H,1-2H3. The summed E-state index contributed by atoms with van der Waals surface area (Å²) in [4.78, 5) is 0. The highest BCUT2D eigenvalue weighted by Gasteiger charge is 2.23. The summed E-state index contributed by atoms with van der Waals surface area (Å²) in [6.45, 7) is 1.83. The maximum absolute atomic E-state index is 14.0. The smallest absolute Gasteiger partial charge is 0.135 e. The fourth-order valence-corrected chi connectivity index (χ4v) is 2.46. The van der Waals surface area contributed by atoms with Gasteiger partial charge in [0, 0.05) is 16.6 Å². The first-order valence-corrected chi connectivity index (χ1v) is 6.71. The maximum Gasteiger partial charge on any atom is 0.135 e. The third-order valence-electron chi connectivity index (χ3n) is 3.08. The Morgan fingerprint density at radius 3 is 2.35 bits per heavy atom. The lowest BCUT2D eigenvalue weighted by atomic mass is 9.99. The van der Waals surface area contributed by atoms with E-state index in [-0.39, 0.29) is 5.75 Å². The highest BCUT2D eigenvalue weighted by atomic mass is 79.9. The van der Waals surface area contributed by atoms with Crippen LogP contribution in [0.1, 0.15) is 22.8 Å². The molecule has 2 nitrogen and oxygen atoms in total. The van der Waals surface area contributed by atoms with Gasteiger partial charge in [-0.05, 0) is 18.1 Å². The number of ether oxygens (including phenoxy) is 1. The second-order valence-corrected chi connectivity index (χ2v) is 5.18. The fourth-order valence-electron chi connectivity index (χ4n) is 1.98. The molecule has 0 aliphatic carbocycles. The molecule has 0 heterocycles. The van der Waals surface area contributed by atoms with Gasteiger partial charge in [-0.1, -0.05) is 34.1 Å². The lowest BCUT2D eigenvalue weighted by Crippen LogP contribution is -2.07. The van der Waals surface area contributed by atoms with Crippen LogP contribution < -0.4 is 4.74 Å². The molecule has 1 N–H and O–H groups in total. The minimum Gasteiger partial charge on any atom is -0.497 e. The van der Waals surface area contributed by atoms with Crippen LogP contribution in [0.2, 0.25) is 0 Å². The molecule has 2 aromatic rings. The summed E-state index contributed by atoms with van der Waals surface area (Å²) < 4.78 is 33.4. The van der Waals surface area contributed by atoms with E-state index in [0.717, 1.165) is 17.7 Å². The molecule has 2 rings (SSSR count). The van der Waals surface area contributed by atoms with E-state index in [1.807, 2.05) is 13.0 Å². The summed E-state index contributed by atoms with van der Waals surface area (Å²) in [5, 5.41) is 10.3. The lowest BCUT2D eigenvalue weighted by molar-refractivity contribution is 0.208. The SMILES string of the molecule is COc1cc(F)c(C(O)c2cccc(C)c2Br)c(F)c1. The molecule has 0 spiro atoms. The molecule has 0 fully saturated rings. The van der Waals surface area contributed by atoms with Crippen molar-refractivity contribution in [2.75, 3.05) is 7.11 Å². The first-order valence-electron chi connectivity index (χ1n) is 5.91. The van der Waals surface area contributed by atoms with Gasteiger partial charge in [0.2, 0.25) is 0 Å². The van der Waals surface area contributed by atoms with E-state index in [1.165, 1.54) is 7.11 Å². The number of benzene rings is 2. The molecule has 106 valence electrons. The van der Waals surface area contributed by atoms with E-state index in [1.54, 1.807) is 12.1 Å². The summed E-state index contributed by atoms with van der Waals surface area (Å²) in [6, 6.07) is 7.26. The zero-order valence-corrected chi connectivity index (χ0v) is 12.5. The molecule has 0 amide bonds. The third-order valence-corrected chi connectivity index (χ3v) is 4.16. The average molecular weight is 343 g/mol. The highest BCUT2D eigenvalue weighted by Crippen LogP contribution is 2.34. The fraction of sp³-hybridized carbons (Fsp3) is 0.200. The van der Waals surface area contributed by atoms with Gasteiger partial charge < -0.3 is 9.84 Å². The quantitative estimate of drug-likeness (QED) is 0.908. The van der Waals surface area contributed by atoms with Gasteiger partial charge in [0.25, 0.3) is 0 Å². The predicted molar refractivity (Wildman–Crippen MR) is 75.9 cm³/mol. The Morgan fingerprint density at radius 2 is 1.80 bits per heavy atom. The number of aliphatic hydroxyl groups excluding tert-OH is 1. The van der Waals surface area contributed by atoms with Crippen molar-refractivity contribution < 1.29 is 18.6 Å². The van der Waals surface area contributed by atoms with E-state index in [0.29, 0.717) is 10.0 Å². The van der Waals surface area contributed by atoms with Gasteiger partial charge in [-0.3, -0.25) is 0 Å². The maximum atomic E-state index is 14.0. The second-order valence-electron chi connectivity index (χ2n) is 4.39. The number of halogens is 3. The molecule has 20 heavy (non-hydrogen) atoms. The first-order chi connectivity index (χ1) is 9.45. The van der Waals surface area contributed by atoms with Crippen molar-refractivity contribution in [3.63, 3.8) is 0 Å². The van der Waals surface area contributed by atoms with Crippen LogP contribution in [0, 0.1) is 18.6 Å². The van der Waals surface area contributed by atoms with Crippen LogP contribution >= 0.6 is 15.9 Å². The number of hydrogen-bond acceptors (Lipinski definition) is 2. The Kier molecular flexibility index (Phi) is 4.40. The van der Waals surface area contributed by atoms with Crippen LogP contribution in [0.4, 0.5) is 8.78 Å². The minimum atomic E-state index is -1.39. The van der Waals surface area contributed by atoms with E-state index in [2.05, 4.69) is 15.9 Å². The van der Waals surface area contributed by atoms with Crippen molar-refractivity contribution >= 4 is 15.9 Å². The predicted octanol–water partition coefficient (Wildman–Crippen LogP) is 4.13. The average Bonchev–Trinajstić information content (AvgIpc) is 2.40. The molecule has 0 saturated carbocycles. The molecule has 2 aromatic carbocycles. The summed E-state index contributed by atoms with van der Waals surface area (Å²) in [5.74, 6) is -1.62. The second kappa shape index (κ2) is 5.89. The zero-order valence-electron chi connectivity index (χ0n) is 11.0. The Bertz CT molecular complexity index is 621. The van der Waals surface area contributed by atoms with Crippen LogP contribution in [0.5, 0.6) is 5.75 Å². The number of aliphatic hydroxyl groups is 1. The Balaban J connectivity index is 2.54. The molecule has 0 aliphatic rings. The lowest BCUT2D eigenvalue weighted by Gasteiger charge is -2.16. The van der Waals surface area contributed by atoms with Crippen LogP contribution in [0.15, 0.2) is 34.8 Å². The molecule has 5 heteroatoms. The monoisotopic (exact) mass is 342 g/mol. The summed E-state index contributed by atoms with van der Waals surface area (Å²) in [5.41, 5.74) is 0.890. The Labute approximate surface area is 124 Å². The van der Waals surface area contributed by atoms with Crippen molar-refractivity contribution in [1.29, 1.82) is 0 Å². The summed E-state index contributed by atoms with van der Waals surface area (Å²) in [6.07, 6.45) is -1.39. The molecule has 0 radical (unpaired) electrons. The van der Waals surface area contributed by atoms with Gasteiger partial charge >= 0.3 is 0 Å². The van der Waals surface area contributed by atoms with Gasteiger partial charge in [0.05, 0.1) is 12.7 Å². The van der Waals surface area contributed by atoms with Crippen molar-refractivity contribution in [1.82, 2.24) is 0 Å². The number of hydrogen-bond donors (Lipinski definition) is 1. The van der Waals surface area contributed by atoms with Gasteiger partial charge in [0.1, 0.15) is 23.5 Å². The molecule has 0 aromatic heterocycles. The largest absolute Gasteiger partial charge is 0.497 e. The Morgan fingerprint density at radius 1 is 1.20 bits per heavy atom. The molecule has 1 unspecified atom stereocenters. The zero-order chi connectivity index (χ0) is 14.9. The molecule has 0 saturated heterocycles. The summed E-state index contributed by atoms with van der Waals surface area (Å²) in [7, 11) is 1.32. The van der Waals surface area contributed by atoms with Crippen molar-refractivity contribution in [3.8, 4) is 5.75 Å². The van der Waals surface area contributed by atoms with Crippen LogP contribution in [-0.4, -0.2) is 12.2 Å². The molecule has 0 aliphatic heterocycles. The van der Waals surface area contributed by atoms with Crippen LogP contribution in [0.25, 0.3) is 0 Å². The van der Waals surface area contributed by atoms with Crippen LogP contribution in [0.3, 0.4) is 0 Å². The number of aryl methyl sites for hydroxylation is 1. The van der Waals surface area contributed by atoms with E-state index >= 15 is 0 Å². The number of rotatable bonds is 3. The normalized spacial score (nSPS) is 12.3. The van der Waals surface area contributed by atoms with Gasteiger partial charge in [-0.2, -0.15) is 0 Å². The first kappa shape index (κ1) is 14.9. The molecule has 0 bridgehead atoms. The van der Waals surface area contributed by atoms with Gasteiger partial charge in [-0.15, -0.1) is 0 Å². The minimum absolute atomic E-state index is 0.0688. The Hall–Kier alpha value is -1.46. The van der Waals surface area contributed by atoms with Crippen molar-refractivity contribution in [3.05, 3.63) is 63.1 Å². The summed E-state index contributed by atoms with van der Waals surface area (Å²) >= 11 is 3.33. The molecule has 1 atom stereocenters. The third kappa shape index (κ3) is 2.69. The van der Waals surface area contributed by atoms with Gasteiger partial charge in [0.15, 0.2) is 0 Å². The van der Waals surface area contributed by atoms with Crippen molar-refractivity contribution in [2.45, 2.75) is 13.0 Å². The van der Waals surface area contributed by atoms with Crippen LogP contribution in [-0.2, 0) is 0 Å². The molecular weight excluding hydrogens is 330 g/mol. The van der Waals surface area contributed by atoms with Gasteiger partial charge in [-0.25, -0.2) is 8.78 Å². The van der Waals surface area contributed by atoms with E-state index < -0.39 is 23.3 Å². The highest BCUT2D eigenvalue weighted by molar-refractivity contribution is 9.10. The van der Waals surface area contributed by atoms with E-state index in [4.69, 9.17) is 4.74 Å². The molecular formula is C15H13BrF2O2. The topological polar surface area (TPSA) is 29.5 Å². The van der Waals surface area contributed by atoms with E-state index in [9.17, 15) is 13.9 Å². The van der Waals surface area contributed by atoms with Crippen molar-refractivity contribution in [2.24, 2.45) is 0 Å². The number of methoxy groups -OCH3 is 1.